The van der Waals surface area contributed by atoms with Gasteiger partial charge in [-0.05, 0) is 58.4 Å². The molecule has 0 unspecified atom stereocenters. The number of imidazole rings is 2. The number of methoxy groups -OCH3 is 2. The van der Waals surface area contributed by atoms with E-state index in [2.05, 4.69) is 30.3 Å². The van der Waals surface area contributed by atoms with Crippen LogP contribution >= 0.6 is 0 Å². The van der Waals surface area contributed by atoms with Crippen molar-refractivity contribution in [3.05, 3.63) is 72.3 Å². The average Bonchev–Trinajstić information content (AvgIpc) is 4.10. The largest absolute Gasteiger partial charge is 0.453 e. The molecule has 1 spiro atoms. The first-order valence-corrected chi connectivity index (χ1v) is 20.6. The normalized spacial score (nSPS) is 20.4. The second-order valence-electron chi connectivity index (χ2n) is 16.8. The smallest absolute Gasteiger partial charge is 0.407 e. The van der Waals surface area contributed by atoms with Gasteiger partial charge < -0.3 is 49.3 Å². The van der Waals surface area contributed by atoms with Crippen LogP contribution < -0.4 is 10.6 Å². The number of hydrogen-bond acceptors (Lipinski definition) is 10. The Hall–Kier alpha value is -6.14. The first kappa shape index (κ1) is 42.5. The van der Waals surface area contributed by atoms with Gasteiger partial charge in [-0.2, -0.15) is 0 Å². The molecule has 0 aliphatic carbocycles. The number of carbonyl (C=O) groups is 4. The second kappa shape index (κ2) is 16.6. The van der Waals surface area contributed by atoms with Crippen LogP contribution in [0.15, 0.2) is 60.7 Å². The quantitative estimate of drug-likeness (QED) is 0.121. The number of aromatic nitrogens is 4. The molecule has 3 aliphatic rings. The summed E-state index contributed by atoms with van der Waals surface area (Å²) < 4.78 is 51.4. The highest BCUT2D eigenvalue weighted by Crippen LogP contribution is 2.44. The topological polar surface area (TPSA) is 193 Å². The minimum atomic E-state index is -3.15. The number of nitrogens with one attached hydrogen (secondary N) is 4. The highest BCUT2D eigenvalue weighted by molar-refractivity contribution is 5.89. The molecule has 3 fully saturated rings. The molecule has 3 aliphatic heterocycles. The Morgan fingerprint density at radius 2 is 1.10 bits per heavy atom. The third-order valence-electron chi connectivity index (χ3n) is 11.9. The zero-order valence-electron chi connectivity index (χ0n) is 35.3. The number of fused-ring (bicyclic) bond motifs is 2. The summed E-state index contributed by atoms with van der Waals surface area (Å²) >= 11 is 0. The summed E-state index contributed by atoms with van der Waals surface area (Å²) in [6.07, 6.45) is -1.76. The Balaban J connectivity index is 1.01. The number of benzene rings is 3. The van der Waals surface area contributed by atoms with E-state index >= 15 is 0 Å². The Labute approximate surface area is 356 Å². The molecule has 2 aromatic heterocycles. The highest BCUT2D eigenvalue weighted by Gasteiger charge is 2.53. The number of alkyl carbamates (subject to hydrolysis) is 2. The van der Waals surface area contributed by atoms with Crippen molar-refractivity contribution in [1.29, 1.82) is 0 Å². The molecule has 5 heterocycles. The molecule has 62 heavy (non-hydrogen) atoms. The summed E-state index contributed by atoms with van der Waals surface area (Å²) in [6.45, 7) is 7.35. The van der Waals surface area contributed by atoms with E-state index in [1.807, 2.05) is 74.5 Å². The number of carbonyl (C=O) groups excluding carboxylic acids is 4. The Morgan fingerprint density at radius 3 is 1.53 bits per heavy atom. The Kier molecular flexibility index (Phi) is 11.4. The van der Waals surface area contributed by atoms with Crippen molar-refractivity contribution >= 4 is 46.1 Å². The van der Waals surface area contributed by atoms with E-state index in [0.717, 1.165) is 32.7 Å². The highest BCUT2D eigenvalue weighted by atomic mass is 19.3. The molecule has 328 valence electrons. The summed E-state index contributed by atoms with van der Waals surface area (Å²) in [5.41, 5.74) is 6.33. The van der Waals surface area contributed by atoms with E-state index in [9.17, 15) is 28.0 Å². The number of rotatable bonds is 10. The number of H-pyrrole nitrogens is 2. The first-order chi connectivity index (χ1) is 29.6. The van der Waals surface area contributed by atoms with Gasteiger partial charge in [0.25, 0.3) is 5.92 Å². The predicted molar refractivity (Wildman–Crippen MR) is 223 cm³/mol. The Morgan fingerprint density at radius 1 is 0.677 bits per heavy atom. The number of alkyl halides is 2. The molecule has 3 saturated heterocycles. The van der Waals surface area contributed by atoms with Crippen molar-refractivity contribution in [1.82, 2.24) is 40.4 Å². The van der Waals surface area contributed by atoms with Gasteiger partial charge in [-0.15, -0.1) is 0 Å². The maximum Gasteiger partial charge on any atom is 0.407 e. The molecule has 4 N–H and O–H groups in total. The van der Waals surface area contributed by atoms with E-state index in [-0.39, 0.29) is 30.1 Å². The van der Waals surface area contributed by atoms with Gasteiger partial charge in [0.1, 0.15) is 23.7 Å². The third kappa shape index (κ3) is 8.27. The molecular weight excluding hydrogens is 807 g/mol. The summed E-state index contributed by atoms with van der Waals surface area (Å²) in [4.78, 5) is 70.7. The lowest BCUT2D eigenvalue weighted by atomic mass is 10.00. The SMILES string of the molecule is COC(=O)N[C@H](C(=O)N1CC(F)(F)C[C@H]1c1nc2ccc(-c3ccc(-c4ccc5nc([C@@H]6CC7(CN6C(=O)[C@@H](NC(=O)OC)C(C)C)OCCO7)[nH]c5c4)cc3)cc2[nH]1)C(C)C. The van der Waals surface area contributed by atoms with Crippen LogP contribution in [0.1, 0.15) is 64.3 Å². The van der Waals surface area contributed by atoms with Gasteiger partial charge in [-0.25, -0.2) is 28.3 Å². The number of ether oxygens (including phenoxy) is 4. The van der Waals surface area contributed by atoms with Crippen LogP contribution in [0.3, 0.4) is 0 Å². The van der Waals surface area contributed by atoms with Gasteiger partial charge >= 0.3 is 12.2 Å². The van der Waals surface area contributed by atoms with Crippen LogP contribution in [-0.2, 0) is 28.5 Å². The molecule has 4 atom stereocenters. The van der Waals surface area contributed by atoms with Gasteiger partial charge in [0.2, 0.25) is 11.8 Å². The Bertz CT molecular complexity index is 2500. The van der Waals surface area contributed by atoms with E-state index in [0.29, 0.717) is 42.0 Å². The van der Waals surface area contributed by atoms with Crippen molar-refractivity contribution in [2.75, 3.05) is 40.5 Å². The lowest BCUT2D eigenvalue weighted by molar-refractivity contribution is -0.153. The van der Waals surface area contributed by atoms with E-state index in [1.54, 1.807) is 18.7 Å². The van der Waals surface area contributed by atoms with Gasteiger partial charge in [-0.3, -0.25) is 9.59 Å². The third-order valence-corrected chi connectivity index (χ3v) is 11.9. The van der Waals surface area contributed by atoms with Crippen LogP contribution in [0.5, 0.6) is 0 Å². The van der Waals surface area contributed by atoms with Gasteiger partial charge in [0.05, 0.1) is 74.7 Å². The maximum absolute atomic E-state index is 14.9. The monoisotopic (exact) mass is 856 g/mol. The minimum Gasteiger partial charge on any atom is -0.453 e. The second-order valence-corrected chi connectivity index (χ2v) is 16.8. The van der Waals surface area contributed by atoms with Crippen LogP contribution in [0.2, 0.25) is 0 Å². The van der Waals surface area contributed by atoms with Gasteiger partial charge in [0.15, 0.2) is 5.79 Å². The summed E-state index contributed by atoms with van der Waals surface area (Å²) in [6, 6.07) is 16.1. The molecule has 3 aromatic carbocycles. The van der Waals surface area contributed by atoms with Crippen LogP contribution in [-0.4, -0.2) is 118 Å². The van der Waals surface area contributed by atoms with Crippen LogP contribution in [0, 0.1) is 11.8 Å². The van der Waals surface area contributed by atoms with Crippen molar-refractivity contribution < 1.29 is 46.9 Å². The molecule has 0 radical (unpaired) electrons. The number of likely N-dealkylation sites (tertiary alicyclic amines) is 2. The molecule has 18 heteroatoms. The molecular formula is C44H50F2N8O8. The number of halogens is 2. The van der Waals surface area contributed by atoms with E-state index < -0.39 is 66.9 Å². The number of hydrogen-bond donors (Lipinski definition) is 4. The fraction of sp³-hybridized carbons (Fsp3) is 0.455. The number of amides is 4. The van der Waals surface area contributed by atoms with E-state index in [1.165, 1.54) is 14.2 Å². The lowest BCUT2D eigenvalue weighted by Crippen LogP contribution is -2.52. The number of aromatic amines is 2. The fourth-order valence-corrected chi connectivity index (χ4v) is 8.66. The summed E-state index contributed by atoms with van der Waals surface area (Å²) in [5, 5.41) is 5.17. The van der Waals surface area contributed by atoms with Gasteiger partial charge in [-0.1, -0.05) is 64.1 Å². The standard InChI is InChI=1S/C44H50F2N8O8/c1-23(2)35(51-41(57)59-5)39(55)53-21-43(45,46)19-33(53)37-47-29-13-11-27(17-31(29)49-37)25-7-9-26(10-8-25)28-12-14-30-32(18-28)50-38(48-30)34-20-44(61-15-16-62-44)22-54(34)40(56)36(24(3)4)52-42(58)60-6/h7-14,17-18,23-24,33-36H,15-16,19-22H2,1-6H3,(H,47,49)(H,48,50)(H,51,57)(H,52,58)/t33-,34-,35-,36-/m0/s1. The van der Waals surface area contributed by atoms with Crippen molar-refractivity contribution in [2.45, 2.75) is 76.4 Å². The van der Waals surface area contributed by atoms with Crippen molar-refractivity contribution in [3.8, 4) is 22.3 Å². The molecule has 5 aromatic rings. The molecule has 4 amide bonds. The summed E-state index contributed by atoms with van der Waals surface area (Å²) in [5.74, 6) is -4.83. The van der Waals surface area contributed by atoms with Gasteiger partial charge in [0, 0.05) is 12.8 Å². The molecule has 16 nitrogen and oxygen atoms in total. The lowest BCUT2D eigenvalue weighted by Gasteiger charge is -2.30. The van der Waals surface area contributed by atoms with Crippen LogP contribution in [0.4, 0.5) is 18.4 Å². The maximum atomic E-state index is 14.9. The van der Waals surface area contributed by atoms with Crippen molar-refractivity contribution in [2.24, 2.45) is 11.8 Å². The first-order valence-electron chi connectivity index (χ1n) is 20.6. The predicted octanol–water partition coefficient (Wildman–Crippen LogP) is 6.46. The minimum absolute atomic E-state index is 0.182. The molecule has 0 bridgehead atoms. The van der Waals surface area contributed by atoms with Crippen LogP contribution in [0.25, 0.3) is 44.3 Å². The molecule has 8 rings (SSSR count). The van der Waals surface area contributed by atoms with Crippen molar-refractivity contribution in [3.63, 3.8) is 0 Å². The average molecular weight is 857 g/mol. The van der Waals surface area contributed by atoms with E-state index in [4.69, 9.17) is 19.2 Å². The molecule has 0 saturated carbocycles. The number of nitrogens with zero attached hydrogens (tertiary/aromatic N) is 4. The zero-order chi connectivity index (χ0) is 44.1. The summed E-state index contributed by atoms with van der Waals surface area (Å²) in [7, 11) is 2.43. The fourth-order valence-electron chi connectivity index (χ4n) is 8.66. The zero-order valence-corrected chi connectivity index (χ0v) is 35.3.